The van der Waals surface area contributed by atoms with E-state index in [0.717, 1.165) is 11.1 Å². The second-order valence-electron chi connectivity index (χ2n) is 4.15. The second kappa shape index (κ2) is 5.97. The van der Waals surface area contributed by atoms with Gasteiger partial charge in [0.05, 0.1) is 13.2 Å². The van der Waals surface area contributed by atoms with Gasteiger partial charge < -0.3 is 4.74 Å². The molecular weight excluding hydrogens is 230 g/mol. The Hall–Kier alpha value is -2.15. The van der Waals surface area contributed by atoms with Crippen molar-refractivity contribution in [3.05, 3.63) is 34.9 Å². The largest absolute Gasteiger partial charge is 0.468 e. The first kappa shape index (κ1) is 13.9. The van der Waals surface area contributed by atoms with E-state index in [2.05, 4.69) is 4.74 Å². The van der Waals surface area contributed by atoms with Crippen molar-refractivity contribution in [2.45, 2.75) is 20.3 Å². The number of carbonyl (C=O) groups is 2. The number of methoxy groups -OCH3 is 1. The number of carbonyl (C=O) groups excluding carboxylic acids is 2. The number of ketones is 1. The highest BCUT2D eigenvalue weighted by Crippen LogP contribution is 2.16. The zero-order chi connectivity index (χ0) is 13.7. The van der Waals surface area contributed by atoms with Crippen molar-refractivity contribution < 1.29 is 14.3 Å². The van der Waals surface area contributed by atoms with Crippen molar-refractivity contribution in [3.63, 3.8) is 0 Å². The molecule has 0 aliphatic carbocycles. The van der Waals surface area contributed by atoms with Crippen molar-refractivity contribution in [2.24, 2.45) is 5.92 Å². The van der Waals surface area contributed by atoms with Crippen molar-refractivity contribution in [3.8, 4) is 6.07 Å². The summed E-state index contributed by atoms with van der Waals surface area (Å²) < 4.78 is 4.48. The first-order chi connectivity index (χ1) is 8.49. The third-order valence-electron chi connectivity index (χ3n) is 2.72. The minimum absolute atomic E-state index is 0.145. The molecule has 0 amide bonds. The molecule has 4 heteroatoms. The number of ether oxygens (including phenoxy) is 1. The molecule has 0 aliphatic rings. The summed E-state index contributed by atoms with van der Waals surface area (Å²) in [6, 6.07) is 7.32. The molecule has 0 fully saturated rings. The van der Waals surface area contributed by atoms with Gasteiger partial charge in [-0.1, -0.05) is 17.7 Å². The van der Waals surface area contributed by atoms with Gasteiger partial charge in [-0.2, -0.15) is 5.26 Å². The van der Waals surface area contributed by atoms with Crippen LogP contribution in [-0.2, 0) is 9.53 Å². The normalized spacial score (nSPS) is 11.4. The minimum atomic E-state index is -1.04. The maximum atomic E-state index is 12.0. The lowest BCUT2D eigenvalue weighted by molar-refractivity contribution is -0.143. The Balaban J connectivity index is 2.92. The molecule has 0 aromatic heterocycles. The molecular formula is C14H15NO3. The van der Waals surface area contributed by atoms with Gasteiger partial charge in [0.15, 0.2) is 11.7 Å². The van der Waals surface area contributed by atoms with Crippen LogP contribution in [0.5, 0.6) is 0 Å². The van der Waals surface area contributed by atoms with Crippen LogP contribution in [0.25, 0.3) is 0 Å². The Morgan fingerprint density at radius 2 is 2.06 bits per heavy atom. The van der Waals surface area contributed by atoms with Crippen LogP contribution in [0.1, 0.15) is 27.9 Å². The van der Waals surface area contributed by atoms with Gasteiger partial charge in [0.2, 0.25) is 0 Å². The van der Waals surface area contributed by atoms with Crippen molar-refractivity contribution >= 4 is 11.8 Å². The van der Waals surface area contributed by atoms with E-state index in [-0.39, 0.29) is 12.2 Å². The Morgan fingerprint density at radius 1 is 1.39 bits per heavy atom. The monoisotopic (exact) mass is 245 g/mol. The lowest BCUT2D eigenvalue weighted by atomic mass is 9.95. The Morgan fingerprint density at radius 3 is 2.61 bits per heavy atom. The van der Waals surface area contributed by atoms with Crippen LogP contribution in [-0.4, -0.2) is 18.9 Å². The summed E-state index contributed by atoms with van der Waals surface area (Å²) in [4.78, 5) is 23.3. The number of benzene rings is 1. The van der Waals surface area contributed by atoms with Gasteiger partial charge in [-0.05, 0) is 25.5 Å². The van der Waals surface area contributed by atoms with Gasteiger partial charge >= 0.3 is 5.97 Å². The Kier molecular flexibility index (Phi) is 4.61. The van der Waals surface area contributed by atoms with E-state index in [4.69, 9.17) is 5.26 Å². The molecule has 1 unspecified atom stereocenters. The molecule has 1 aromatic rings. The molecule has 4 nitrogen and oxygen atoms in total. The summed E-state index contributed by atoms with van der Waals surface area (Å²) in [5.74, 6) is -1.92. The van der Waals surface area contributed by atoms with Gasteiger partial charge in [-0.15, -0.1) is 0 Å². The number of aryl methyl sites for hydroxylation is 2. The lowest BCUT2D eigenvalue weighted by Gasteiger charge is -2.08. The predicted octanol–water partition coefficient (Wildman–Crippen LogP) is 2.19. The molecule has 1 rings (SSSR count). The highest BCUT2D eigenvalue weighted by atomic mass is 16.5. The number of Topliss-reactive ketones (excluding diaryl/α,β-unsaturated/α-hetero) is 1. The molecule has 0 radical (unpaired) electrons. The van der Waals surface area contributed by atoms with Crippen LogP contribution in [0.15, 0.2) is 18.2 Å². The molecule has 0 N–H and O–H groups in total. The molecule has 0 saturated carbocycles. The van der Waals surface area contributed by atoms with E-state index in [1.807, 2.05) is 26.0 Å². The smallest absolute Gasteiger partial charge is 0.323 e. The molecule has 0 bridgehead atoms. The van der Waals surface area contributed by atoms with Crippen LogP contribution >= 0.6 is 0 Å². The number of nitriles is 1. The highest BCUT2D eigenvalue weighted by Gasteiger charge is 2.23. The van der Waals surface area contributed by atoms with Crippen LogP contribution in [0, 0.1) is 31.1 Å². The van der Waals surface area contributed by atoms with Crippen LogP contribution in [0.4, 0.5) is 0 Å². The third kappa shape index (κ3) is 3.17. The fourth-order valence-corrected chi connectivity index (χ4v) is 1.66. The molecule has 94 valence electrons. The van der Waals surface area contributed by atoms with Crippen molar-refractivity contribution in [1.82, 2.24) is 0 Å². The van der Waals surface area contributed by atoms with E-state index in [1.165, 1.54) is 7.11 Å². The summed E-state index contributed by atoms with van der Waals surface area (Å²) in [6.45, 7) is 3.71. The third-order valence-corrected chi connectivity index (χ3v) is 2.72. The molecule has 1 atom stereocenters. The van der Waals surface area contributed by atoms with Gasteiger partial charge in [0, 0.05) is 12.0 Å². The fourth-order valence-electron chi connectivity index (χ4n) is 1.66. The zero-order valence-corrected chi connectivity index (χ0v) is 10.7. The van der Waals surface area contributed by atoms with Crippen molar-refractivity contribution in [1.29, 1.82) is 5.26 Å². The van der Waals surface area contributed by atoms with Gasteiger partial charge in [0.25, 0.3) is 0 Å². The summed E-state index contributed by atoms with van der Waals surface area (Å²) in [5, 5.41) is 8.84. The number of esters is 1. The van der Waals surface area contributed by atoms with Crippen LogP contribution < -0.4 is 0 Å². The van der Waals surface area contributed by atoms with E-state index in [0.29, 0.717) is 5.56 Å². The molecule has 1 aromatic carbocycles. The van der Waals surface area contributed by atoms with Crippen LogP contribution in [0.2, 0.25) is 0 Å². The number of hydrogen-bond acceptors (Lipinski definition) is 4. The number of nitrogens with zero attached hydrogens (tertiary/aromatic N) is 1. The average Bonchev–Trinajstić information content (AvgIpc) is 2.37. The van der Waals surface area contributed by atoms with E-state index < -0.39 is 11.9 Å². The number of rotatable bonds is 4. The molecule has 0 saturated heterocycles. The standard InChI is InChI=1S/C14H15NO3/c1-9-4-5-10(2)12(6-9)13(16)7-11(8-15)14(17)18-3/h4-6,11H,7H2,1-3H3. The van der Waals surface area contributed by atoms with E-state index >= 15 is 0 Å². The van der Waals surface area contributed by atoms with Gasteiger partial charge in [0.1, 0.15) is 0 Å². The van der Waals surface area contributed by atoms with E-state index in [1.54, 1.807) is 12.1 Å². The summed E-state index contributed by atoms with van der Waals surface area (Å²) in [5.41, 5.74) is 2.36. The topological polar surface area (TPSA) is 67.2 Å². The van der Waals surface area contributed by atoms with Crippen molar-refractivity contribution in [2.75, 3.05) is 7.11 Å². The average molecular weight is 245 g/mol. The zero-order valence-electron chi connectivity index (χ0n) is 10.7. The molecule has 0 aliphatic heterocycles. The lowest BCUT2D eigenvalue weighted by Crippen LogP contribution is -2.18. The van der Waals surface area contributed by atoms with Gasteiger partial charge in [-0.3, -0.25) is 9.59 Å². The first-order valence-corrected chi connectivity index (χ1v) is 5.57. The predicted molar refractivity (Wildman–Crippen MR) is 66.0 cm³/mol. The maximum absolute atomic E-state index is 12.0. The Bertz CT molecular complexity index is 514. The summed E-state index contributed by atoms with van der Waals surface area (Å²) >= 11 is 0. The van der Waals surface area contributed by atoms with E-state index in [9.17, 15) is 9.59 Å². The summed E-state index contributed by atoms with van der Waals surface area (Å²) in [7, 11) is 1.20. The highest BCUT2D eigenvalue weighted by molar-refractivity contribution is 5.99. The molecule has 18 heavy (non-hydrogen) atoms. The maximum Gasteiger partial charge on any atom is 0.323 e. The molecule has 0 spiro atoms. The quantitative estimate of drug-likeness (QED) is 0.602. The van der Waals surface area contributed by atoms with Crippen LogP contribution in [0.3, 0.4) is 0 Å². The SMILES string of the molecule is COC(=O)C(C#N)CC(=O)c1cc(C)ccc1C. The minimum Gasteiger partial charge on any atom is -0.468 e. The fraction of sp³-hybridized carbons (Fsp3) is 0.357. The number of hydrogen-bond donors (Lipinski definition) is 0. The molecule has 0 heterocycles. The summed E-state index contributed by atoms with van der Waals surface area (Å²) in [6.07, 6.45) is -0.145. The second-order valence-corrected chi connectivity index (χ2v) is 4.15. The first-order valence-electron chi connectivity index (χ1n) is 5.57. The Labute approximate surface area is 106 Å². The van der Waals surface area contributed by atoms with Gasteiger partial charge in [-0.25, -0.2) is 0 Å².